The van der Waals surface area contributed by atoms with E-state index in [1.165, 1.54) is 0 Å². The number of imide groups is 1. The number of allylic oxidation sites excluding steroid dienone is 2. The van der Waals surface area contributed by atoms with Crippen LogP contribution in [0, 0.1) is 30.6 Å². The van der Waals surface area contributed by atoms with E-state index in [2.05, 4.69) is 5.32 Å². The molecule has 1 saturated carbocycles. The molecule has 2 aliphatic carbocycles. The first-order valence-corrected chi connectivity index (χ1v) is 8.43. The van der Waals surface area contributed by atoms with Crippen LogP contribution in [0.1, 0.15) is 12.0 Å². The quantitative estimate of drug-likeness (QED) is 0.676. The number of halogens is 1. The normalized spacial score (nSPS) is 30.2. The lowest BCUT2D eigenvalue weighted by Crippen LogP contribution is -2.39. The third kappa shape index (κ3) is 2.26. The molecule has 3 aliphatic rings. The molecule has 1 aromatic carbocycles. The van der Waals surface area contributed by atoms with E-state index in [4.69, 9.17) is 11.6 Å². The molecule has 1 saturated heterocycles. The number of rotatable bonds is 3. The van der Waals surface area contributed by atoms with Gasteiger partial charge in [0.2, 0.25) is 17.7 Å². The molecular formula is C18H17ClN2O3. The molecule has 2 fully saturated rings. The first-order chi connectivity index (χ1) is 11.5. The van der Waals surface area contributed by atoms with Crippen LogP contribution in [0.5, 0.6) is 0 Å². The lowest BCUT2D eigenvalue weighted by atomic mass is 9.85. The van der Waals surface area contributed by atoms with Gasteiger partial charge in [0.05, 0.1) is 22.5 Å². The van der Waals surface area contributed by atoms with Gasteiger partial charge in [-0.1, -0.05) is 29.8 Å². The molecule has 0 unspecified atom stereocenters. The summed E-state index contributed by atoms with van der Waals surface area (Å²) in [5.41, 5.74) is 1.46. The molecule has 24 heavy (non-hydrogen) atoms. The van der Waals surface area contributed by atoms with Crippen molar-refractivity contribution in [2.24, 2.45) is 23.7 Å². The van der Waals surface area contributed by atoms with Gasteiger partial charge in [0.15, 0.2) is 0 Å². The van der Waals surface area contributed by atoms with Crippen molar-refractivity contribution >= 4 is 35.0 Å². The van der Waals surface area contributed by atoms with Crippen molar-refractivity contribution in [2.75, 3.05) is 11.9 Å². The molecule has 124 valence electrons. The number of carbonyl (C=O) groups is 3. The summed E-state index contributed by atoms with van der Waals surface area (Å²) in [7, 11) is 0. The molecule has 4 rings (SSSR count). The minimum Gasteiger partial charge on any atom is -0.323 e. The first kappa shape index (κ1) is 15.4. The van der Waals surface area contributed by atoms with Crippen molar-refractivity contribution in [1.29, 1.82) is 0 Å². The smallest absolute Gasteiger partial charge is 0.244 e. The van der Waals surface area contributed by atoms with Gasteiger partial charge in [-0.15, -0.1) is 0 Å². The minimum absolute atomic E-state index is 0.149. The Labute approximate surface area is 144 Å². The predicted octanol–water partition coefficient (Wildman–Crippen LogP) is 2.39. The number of nitrogens with one attached hydrogen (secondary N) is 1. The van der Waals surface area contributed by atoms with Crippen molar-refractivity contribution < 1.29 is 14.4 Å². The lowest BCUT2D eigenvalue weighted by Gasteiger charge is -2.17. The Morgan fingerprint density at radius 1 is 1.21 bits per heavy atom. The summed E-state index contributed by atoms with van der Waals surface area (Å²) in [5.74, 6) is -1.10. The summed E-state index contributed by atoms with van der Waals surface area (Å²) >= 11 is 6.10. The number of likely N-dealkylation sites (tertiary alicyclic amines) is 1. The van der Waals surface area contributed by atoms with Crippen LogP contribution in [-0.2, 0) is 14.4 Å². The molecule has 0 radical (unpaired) electrons. The fraction of sp³-hybridized carbons (Fsp3) is 0.389. The van der Waals surface area contributed by atoms with Crippen molar-refractivity contribution in [3.05, 3.63) is 40.9 Å². The summed E-state index contributed by atoms with van der Waals surface area (Å²) in [6.45, 7) is 1.65. The number of nitrogens with zero attached hydrogens (tertiary/aromatic N) is 1. The van der Waals surface area contributed by atoms with Crippen LogP contribution in [0.25, 0.3) is 0 Å². The molecule has 1 N–H and O–H groups in total. The Kier molecular flexibility index (Phi) is 3.49. The molecule has 0 aromatic heterocycles. The molecule has 1 aliphatic heterocycles. The molecule has 2 bridgehead atoms. The van der Waals surface area contributed by atoms with Gasteiger partial charge in [-0.05, 0) is 42.9 Å². The van der Waals surface area contributed by atoms with Crippen molar-refractivity contribution in [3.63, 3.8) is 0 Å². The molecule has 3 amide bonds. The largest absolute Gasteiger partial charge is 0.323 e. The van der Waals surface area contributed by atoms with E-state index in [-0.39, 0.29) is 42.0 Å². The molecule has 0 spiro atoms. The highest BCUT2D eigenvalue weighted by molar-refractivity contribution is 6.33. The first-order valence-electron chi connectivity index (χ1n) is 8.05. The Bertz CT molecular complexity index is 758. The van der Waals surface area contributed by atoms with E-state index in [1.54, 1.807) is 12.1 Å². The number of anilines is 1. The van der Waals surface area contributed by atoms with E-state index in [9.17, 15) is 14.4 Å². The molecular weight excluding hydrogens is 328 g/mol. The number of carbonyl (C=O) groups excluding carboxylic acids is 3. The minimum atomic E-state index is -0.414. The van der Waals surface area contributed by atoms with Gasteiger partial charge in [0.1, 0.15) is 6.54 Å². The van der Waals surface area contributed by atoms with E-state index in [0.29, 0.717) is 10.7 Å². The van der Waals surface area contributed by atoms with Crippen molar-refractivity contribution in [2.45, 2.75) is 13.3 Å². The predicted molar refractivity (Wildman–Crippen MR) is 89.3 cm³/mol. The summed E-state index contributed by atoms with van der Waals surface area (Å²) in [4.78, 5) is 38.5. The maximum Gasteiger partial charge on any atom is 0.244 e. The number of amides is 3. The summed E-state index contributed by atoms with van der Waals surface area (Å²) in [6.07, 6.45) is 4.95. The van der Waals surface area contributed by atoms with Crippen LogP contribution in [0.3, 0.4) is 0 Å². The zero-order valence-corrected chi connectivity index (χ0v) is 13.9. The molecule has 4 atom stereocenters. The fourth-order valence-corrected chi connectivity index (χ4v) is 4.46. The van der Waals surface area contributed by atoms with Gasteiger partial charge in [-0.25, -0.2) is 0 Å². The van der Waals surface area contributed by atoms with Crippen LogP contribution < -0.4 is 5.32 Å². The molecule has 1 heterocycles. The molecule has 1 aromatic rings. The number of hydrogen-bond acceptors (Lipinski definition) is 3. The van der Waals surface area contributed by atoms with Gasteiger partial charge >= 0.3 is 0 Å². The van der Waals surface area contributed by atoms with E-state index in [0.717, 1.165) is 16.9 Å². The van der Waals surface area contributed by atoms with Crippen LogP contribution in [0.4, 0.5) is 5.69 Å². The van der Waals surface area contributed by atoms with E-state index < -0.39 is 5.91 Å². The second kappa shape index (κ2) is 5.45. The van der Waals surface area contributed by atoms with Crippen LogP contribution in [-0.4, -0.2) is 29.2 Å². The maximum absolute atomic E-state index is 12.6. The zero-order valence-electron chi connectivity index (χ0n) is 13.2. The van der Waals surface area contributed by atoms with Crippen LogP contribution >= 0.6 is 11.6 Å². The maximum atomic E-state index is 12.6. The number of hydrogen-bond donors (Lipinski definition) is 1. The fourth-order valence-electron chi connectivity index (χ4n) is 4.17. The van der Waals surface area contributed by atoms with E-state index in [1.807, 2.05) is 25.1 Å². The SMILES string of the molecule is Cc1ccc(NC(=O)CN2C(=O)[C@@H]3[C@@H](C2=O)[C@H]2C=C[C@H]3C2)c(Cl)c1. The standard InChI is InChI=1S/C18H17ClN2O3/c1-9-2-5-13(12(19)6-9)20-14(22)8-21-17(23)15-10-3-4-11(7-10)16(15)18(21)24/h2-6,10-11,15-16H,7-8H2,1H3,(H,20,22)/t10-,11-,15-,16-/m0/s1. The number of benzene rings is 1. The second-order valence-electron chi connectivity index (χ2n) is 6.79. The third-order valence-corrected chi connectivity index (χ3v) is 5.57. The Morgan fingerprint density at radius 3 is 2.42 bits per heavy atom. The number of fused-ring (bicyclic) bond motifs is 5. The van der Waals surface area contributed by atoms with Crippen molar-refractivity contribution in [3.8, 4) is 0 Å². The van der Waals surface area contributed by atoms with Gasteiger partial charge < -0.3 is 5.32 Å². The topological polar surface area (TPSA) is 66.5 Å². The third-order valence-electron chi connectivity index (χ3n) is 5.26. The Morgan fingerprint density at radius 2 is 1.83 bits per heavy atom. The number of aryl methyl sites for hydroxylation is 1. The molecule has 5 nitrogen and oxygen atoms in total. The average Bonchev–Trinajstić information content (AvgIpc) is 3.20. The monoisotopic (exact) mass is 344 g/mol. The highest BCUT2D eigenvalue weighted by Crippen LogP contribution is 2.52. The van der Waals surface area contributed by atoms with Gasteiger partial charge in [-0.3, -0.25) is 19.3 Å². The Balaban J connectivity index is 1.47. The van der Waals surface area contributed by atoms with Crippen molar-refractivity contribution in [1.82, 2.24) is 4.90 Å². The van der Waals surface area contributed by atoms with Gasteiger partial charge in [0.25, 0.3) is 0 Å². The van der Waals surface area contributed by atoms with Crippen LogP contribution in [0.15, 0.2) is 30.4 Å². The summed E-state index contributed by atoms with van der Waals surface area (Å²) < 4.78 is 0. The van der Waals surface area contributed by atoms with Gasteiger partial charge in [0, 0.05) is 0 Å². The molecule has 6 heteroatoms. The summed E-state index contributed by atoms with van der Waals surface area (Å²) in [6, 6.07) is 5.29. The highest BCUT2D eigenvalue weighted by Gasteiger charge is 2.59. The van der Waals surface area contributed by atoms with Crippen LogP contribution in [0.2, 0.25) is 5.02 Å². The lowest BCUT2D eigenvalue weighted by molar-refractivity contribution is -0.143. The highest BCUT2D eigenvalue weighted by atomic mass is 35.5. The zero-order chi connectivity index (χ0) is 17.0. The Hall–Kier alpha value is -2.14. The summed E-state index contributed by atoms with van der Waals surface area (Å²) in [5, 5.41) is 3.11. The second-order valence-corrected chi connectivity index (χ2v) is 7.20. The average molecular weight is 345 g/mol. The van der Waals surface area contributed by atoms with Gasteiger partial charge in [-0.2, -0.15) is 0 Å². The van der Waals surface area contributed by atoms with E-state index >= 15 is 0 Å².